The number of nitrogens with one attached hydrogen (secondary N) is 1. The predicted octanol–water partition coefficient (Wildman–Crippen LogP) is 3.58. The number of alkyl halides is 3. The standard InChI is InChI=1S/C20H24FN5O3.C2HF3O2/c1-4-28-20(27)16-11-23-26-8-7-18(25-19(16)26)24-13(3)15-9-14(21)5-6-17(15)29-12(2)10-22;3-2(4,5)1(6)7/h5-9,11-13H,4,10,22H2,1-3H3,(H,24,25);(H,6,7)/t12-,13-;/m1./s1. The Balaban J connectivity index is 0.000000572. The molecule has 0 saturated heterocycles. The minimum absolute atomic E-state index is 0.209. The zero-order valence-corrected chi connectivity index (χ0v) is 19.5. The first-order valence-electron chi connectivity index (χ1n) is 10.6. The molecule has 0 aliphatic rings. The highest BCUT2D eigenvalue weighted by Gasteiger charge is 2.38. The highest BCUT2D eigenvalue weighted by atomic mass is 19.4. The van der Waals surface area contributed by atoms with Gasteiger partial charge in [-0.1, -0.05) is 0 Å². The molecule has 196 valence electrons. The van der Waals surface area contributed by atoms with Crippen molar-refractivity contribution in [1.29, 1.82) is 0 Å². The maximum atomic E-state index is 13.9. The summed E-state index contributed by atoms with van der Waals surface area (Å²) in [6.07, 6.45) is -2.19. The second kappa shape index (κ2) is 12.2. The summed E-state index contributed by atoms with van der Waals surface area (Å²) < 4.78 is 57.9. The maximum absolute atomic E-state index is 13.9. The quantitative estimate of drug-likeness (QED) is 0.303. The molecule has 0 amide bonds. The molecule has 2 heterocycles. The number of benzene rings is 1. The van der Waals surface area contributed by atoms with Gasteiger partial charge in [0.15, 0.2) is 5.65 Å². The molecular weight excluding hydrogens is 490 g/mol. The molecule has 3 aromatic rings. The molecule has 14 heteroatoms. The Morgan fingerprint density at radius 1 is 1.25 bits per heavy atom. The van der Waals surface area contributed by atoms with Crippen LogP contribution in [0.5, 0.6) is 5.75 Å². The number of fused-ring (bicyclic) bond motifs is 1. The summed E-state index contributed by atoms with van der Waals surface area (Å²) in [7, 11) is 0. The number of rotatable bonds is 8. The molecule has 0 radical (unpaired) electrons. The van der Waals surface area contributed by atoms with Crippen molar-refractivity contribution in [3.05, 3.63) is 53.6 Å². The average Bonchev–Trinajstić information content (AvgIpc) is 3.23. The smallest absolute Gasteiger partial charge is 0.489 e. The molecule has 10 nitrogen and oxygen atoms in total. The van der Waals surface area contributed by atoms with Gasteiger partial charge in [0, 0.05) is 18.3 Å². The number of ether oxygens (including phenoxy) is 2. The van der Waals surface area contributed by atoms with Gasteiger partial charge in [-0.3, -0.25) is 0 Å². The van der Waals surface area contributed by atoms with Gasteiger partial charge in [0.1, 0.15) is 29.1 Å². The van der Waals surface area contributed by atoms with E-state index in [0.717, 1.165) is 0 Å². The van der Waals surface area contributed by atoms with Crippen LogP contribution in [0, 0.1) is 5.82 Å². The first-order valence-corrected chi connectivity index (χ1v) is 10.6. The lowest BCUT2D eigenvalue weighted by Crippen LogP contribution is -2.24. The van der Waals surface area contributed by atoms with E-state index in [1.54, 1.807) is 25.3 Å². The lowest BCUT2D eigenvalue weighted by Gasteiger charge is -2.21. The van der Waals surface area contributed by atoms with Crippen molar-refractivity contribution in [1.82, 2.24) is 14.6 Å². The van der Waals surface area contributed by atoms with E-state index in [-0.39, 0.29) is 30.1 Å². The summed E-state index contributed by atoms with van der Waals surface area (Å²) in [4.78, 5) is 25.4. The van der Waals surface area contributed by atoms with Gasteiger partial charge >= 0.3 is 18.1 Å². The number of carboxylic acids is 1. The van der Waals surface area contributed by atoms with E-state index >= 15 is 0 Å². The first-order chi connectivity index (χ1) is 16.9. The second-order valence-corrected chi connectivity index (χ2v) is 7.37. The fourth-order valence-electron chi connectivity index (χ4n) is 2.83. The highest BCUT2D eigenvalue weighted by molar-refractivity contribution is 5.95. The van der Waals surface area contributed by atoms with E-state index in [4.69, 9.17) is 25.1 Å². The van der Waals surface area contributed by atoms with Gasteiger partial charge < -0.3 is 25.6 Å². The number of anilines is 1. The van der Waals surface area contributed by atoms with Crippen LogP contribution in [0.15, 0.2) is 36.7 Å². The zero-order valence-electron chi connectivity index (χ0n) is 19.5. The summed E-state index contributed by atoms with van der Waals surface area (Å²) in [6, 6.07) is 5.73. The molecule has 36 heavy (non-hydrogen) atoms. The van der Waals surface area contributed by atoms with Gasteiger partial charge in [-0.25, -0.2) is 23.5 Å². The van der Waals surface area contributed by atoms with E-state index < -0.39 is 18.1 Å². The van der Waals surface area contributed by atoms with Crippen LogP contribution in [-0.2, 0) is 9.53 Å². The van der Waals surface area contributed by atoms with E-state index in [2.05, 4.69) is 15.4 Å². The molecule has 2 aromatic heterocycles. The lowest BCUT2D eigenvalue weighted by atomic mass is 10.1. The summed E-state index contributed by atoms with van der Waals surface area (Å²) in [5.74, 6) is -2.57. The van der Waals surface area contributed by atoms with Crippen LogP contribution in [0.2, 0.25) is 0 Å². The second-order valence-electron chi connectivity index (χ2n) is 7.37. The van der Waals surface area contributed by atoms with Gasteiger partial charge in [0.05, 0.1) is 18.8 Å². The fourth-order valence-corrected chi connectivity index (χ4v) is 2.83. The minimum atomic E-state index is -5.08. The molecule has 3 rings (SSSR count). The molecule has 0 bridgehead atoms. The van der Waals surface area contributed by atoms with Crippen LogP contribution >= 0.6 is 0 Å². The van der Waals surface area contributed by atoms with Gasteiger partial charge in [-0.2, -0.15) is 18.3 Å². The molecule has 0 fully saturated rings. The molecule has 0 aliphatic carbocycles. The number of hydrogen-bond acceptors (Lipinski definition) is 8. The Hall–Kier alpha value is -3.94. The number of halogens is 4. The average molecular weight is 515 g/mol. The zero-order chi connectivity index (χ0) is 27.0. The number of aromatic nitrogens is 3. The number of nitrogens with two attached hydrogens (primary N) is 1. The number of hydrogen-bond donors (Lipinski definition) is 3. The highest BCUT2D eigenvalue weighted by Crippen LogP contribution is 2.29. The number of carbonyl (C=O) groups is 2. The number of nitrogens with zero attached hydrogens (tertiary/aromatic N) is 3. The summed E-state index contributed by atoms with van der Waals surface area (Å²) in [5.41, 5.74) is 6.90. The Morgan fingerprint density at radius 2 is 1.92 bits per heavy atom. The van der Waals surface area contributed by atoms with Crippen molar-refractivity contribution in [2.24, 2.45) is 5.73 Å². The monoisotopic (exact) mass is 515 g/mol. The summed E-state index contributed by atoms with van der Waals surface area (Å²) in [5, 5.41) is 14.5. The first kappa shape index (κ1) is 28.3. The van der Waals surface area contributed by atoms with E-state index in [1.165, 1.54) is 22.8 Å². The Kier molecular flexibility index (Phi) is 9.55. The third-order valence-corrected chi connectivity index (χ3v) is 4.57. The van der Waals surface area contributed by atoms with E-state index in [1.807, 2.05) is 13.8 Å². The predicted molar refractivity (Wildman–Crippen MR) is 120 cm³/mol. The third kappa shape index (κ3) is 7.53. The molecule has 0 spiro atoms. The number of carbonyl (C=O) groups excluding carboxylic acids is 1. The molecule has 1 aromatic carbocycles. The lowest BCUT2D eigenvalue weighted by molar-refractivity contribution is -0.192. The van der Waals surface area contributed by atoms with Crippen molar-refractivity contribution >= 4 is 23.4 Å². The van der Waals surface area contributed by atoms with Crippen LogP contribution in [0.4, 0.5) is 23.4 Å². The molecule has 0 aliphatic heterocycles. The van der Waals surface area contributed by atoms with Crippen molar-refractivity contribution in [3.63, 3.8) is 0 Å². The van der Waals surface area contributed by atoms with Gasteiger partial charge in [0.25, 0.3) is 0 Å². The number of carboxylic acid groups (broad SMARTS) is 1. The topological polar surface area (TPSA) is 141 Å². The Labute approximate surface area is 203 Å². The number of esters is 1. The summed E-state index contributed by atoms with van der Waals surface area (Å²) >= 11 is 0. The van der Waals surface area contributed by atoms with E-state index in [9.17, 15) is 22.4 Å². The van der Waals surface area contributed by atoms with Gasteiger partial charge in [-0.15, -0.1) is 0 Å². The van der Waals surface area contributed by atoms with Crippen LogP contribution in [0.1, 0.15) is 42.7 Å². The fraction of sp³-hybridized carbons (Fsp3) is 0.364. The molecular formula is C22H25F4N5O5. The Morgan fingerprint density at radius 3 is 2.50 bits per heavy atom. The molecule has 2 atom stereocenters. The molecule has 4 N–H and O–H groups in total. The normalized spacial score (nSPS) is 12.8. The SMILES string of the molecule is CCOC(=O)c1cnn2ccc(N[C@H](C)c3cc(F)ccc3O[C@H](C)CN)nc12.O=C(O)C(F)(F)F. The van der Waals surface area contributed by atoms with Crippen LogP contribution in [0.3, 0.4) is 0 Å². The molecule has 0 saturated carbocycles. The maximum Gasteiger partial charge on any atom is 0.490 e. The molecule has 0 unspecified atom stereocenters. The van der Waals surface area contributed by atoms with Crippen molar-refractivity contribution < 1.29 is 41.7 Å². The summed E-state index contributed by atoms with van der Waals surface area (Å²) in [6.45, 7) is 6.04. The van der Waals surface area contributed by atoms with Crippen molar-refractivity contribution in [2.45, 2.75) is 39.1 Å². The van der Waals surface area contributed by atoms with Gasteiger partial charge in [-0.05, 0) is 45.0 Å². The van der Waals surface area contributed by atoms with E-state index in [0.29, 0.717) is 29.3 Å². The van der Waals surface area contributed by atoms with Crippen molar-refractivity contribution in [2.75, 3.05) is 18.5 Å². The van der Waals surface area contributed by atoms with Crippen molar-refractivity contribution in [3.8, 4) is 5.75 Å². The van der Waals surface area contributed by atoms with Crippen LogP contribution < -0.4 is 15.8 Å². The van der Waals surface area contributed by atoms with Crippen LogP contribution in [0.25, 0.3) is 5.65 Å². The van der Waals surface area contributed by atoms with Gasteiger partial charge in [0.2, 0.25) is 0 Å². The number of aliphatic carboxylic acids is 1. The Bertz CT molecular complexity index is 1200. The third-order valence-electron chi connectivity index (χ3n) is 4.57. The largest absolute Gasteiger partial charge is 0.490 e. The van der Waals surface area contributed by atoms with Crippen LogP contribution in [-0.4, -0.2) is 57.1 Å². The minimum Gasteiger partial charge on any atom is -0.489 e.